The predicted octanol–water partition coefficient (Wildman–Crippen LogP) is -0.293. The summed E-state index contributed by atoms with van der Waals surface area (Å²) >= 11 is 0. The molecule has 3 saturated carbocycles. The first-order valence-corrected chi connectivity index (χ1v) is 4.10. The minimum absolute atomic E-state index is 0.0495. The van der Waals surface area contributed by atoms with Gasteiger partial charge in [0.05, 0.1) is 6.10 Å². The van der Waals surface area contributed by atoms with Gasteiger partial charge in [-0.25, -0.2) is 0 Å². The first-order chi connectivity index (χ1) is 5.20. The van der Waals surface area contributed by atoms with E-state index >= 15 is 0 Å². The van der Waals surface area contributed by atoms with Crippen LogP contribution in [0.15, 0.2) is 0 Å². The van der Waals surface area contributed by atoms with Crippen LogP contribution in [0.2, 0.25) is 0 Å². The summed E-state index contributed by atoms with van der Waals surface area (Å²) in [6.07, 6.45) is 0.913. The van der Waals surface area contributed by atoms with E-state index in [0.717, 1.165) is 12.8 Å². The summed E-state index contributed by atoms with van der Waals surface area (Å²) in [5, 5.41) is 18.7. The second-order valence-electron chi connectivity index (χ2n) is 3.59. The fourth-order valence-corrected chi connectivity index (χ4v) is 2.25. The zero-order valence-electron chi connectivity index (χ0n) is 6.23. The maximum absolute atomic E-state index is 11.2. The van der Waals surface area contributed by atoms with Crippen molar-refractivity contribution in [2.24, 2.45) is 11.8 Å². The molecule has 3 nitrogen and oxygen atoms in total. The summed E-state index contributed by atoms with van der Waals surface area (Å²) < 4.78 is 0. The Morgan fingerprint density at radius 2 is 2.00 bits per heavy atom. The predicted molar refractivity (Wildman–Crippen MR) is 37.9 cm³/mol. The number of Topliss-reactive ketones (excluding diaryl/α,β-unsaturated/α-hetero) is 1. The molecule has 3 aliphatic rings. The molecule has 3 heteroatoms. The molecule has 0 radical (unpaired) electrons. The Hall–Kier alpha value is -0.410. The van der Waals surface area contributed by atoms with Gasteiger partial charge in [0.1, 0.15) is 6.10 Å². The van der Waals surface area contributed by atoms with E-state index in [2.05, 4.69) is 0 Å². The lowest BCUT2D eigenvalue weighted by molar-refractivity contribution is -0.152. The maximum Gasteiger partial charge on any atom is 0.164 e. The van der Waals surface area contributed by atoms with Gasteiger partial charge in [0.25, 0.3) is 0 Å². The minimum atomic E-state index is -0.877. The molecule has 3 fully saturated rings. The van der Waals surface area contributed by atoms with E-state index in [-0.39, 0.29) is 17.6 Å². The van der Waals surface area contributed by atoms with Crippen molar-refractivity contribution in [1.29, 1.82) is 0 Å². The number of hydrogen-bond donors (Lipinski definition) is 2. The fraction of sp³-hybridized carbons (Fsp3) is 0.875. The molecule has 4 atom stereocenters. The van der Waals surface area contributed by atoms with Crippen LogP contribution in [0, 0.1) is 11.8 Å². The number of hydrogen-bond acceptors (Lipinski definition) is 3. The van der Waals surface area contributed by atoms with Crippen LogP contribution >= 0.6 is 0 Å². The molecule has 0 spiro atoms. The molecule has 0 amide bonds. The highest BCUT2D eigenvalue weighted by Gasteiger charge is 2.46. The maximum atomic E-state index is 11.2. The number of carbonyl (C=O) groups excluding carboxylic acids is 1. The van der Waals surface area contributed by atoms with E-state index in [1.165, 1.54) is 0 Å². The lowest BCUT2D eigenvalue weighted by Gasteiger charge is -2.41. The Balaban J connectivity index is 2.23. The van der Waals surface area contributed by atoms with Crippen LogP contribution in [0.25, 0.3) is 0 Å². The number of rotatable bonds is 0. The zero-order chi connectivity index (χ0) is 8.01. The summed E-state index contributed by atoms with van der Waals surface area (Å²) in [6.45, 7) is 0. The van der Waals surface area contributed by atoms with Gasteiger partial charge in [-0.05, 0) is 19.3 Å². The van der Waals surface area contributed by atoms with Crippen LogP contribution in [-0.2, 0) is 4.79 Å². The molecule has 2 N–H and O–H groups in total. The third kappa shape index (κ3) is 0.914. The monoisotopic (exact) mass is 156 g/mol. The SMILES string of the molecule is O=C1C2CCC(C(O)C2)C1O. The molecule has 3 aliphatic carbocycles. The Morgan fingerprint density at radius 1 is 1.27 bits per heavy atom. The van der Waals surface area contributed by atoms with Crippen LogP contribution in [0.3, 0.4) is 0 Å². The third-order valence-corrected chi connectivity index (χ3v) is 2.97. The number of ketones is 1. The number of fused-ring (bicyclic) bond motifs is 3. The summed E-state index contributed by atoms with van der Waals surface area (Å²) in [5.74, 6) is -0.288. The van der Waals surface area contributed by atoms with Gasteiger partial charge < -0.3 is 10.2 Å². The van der Waals surface area contributed by atoms with Gasteiger partial charge in [-0.15, -0.1) is 0 Å². The molecule has 0 aromatic heterocycles. The Kier molecular flexibility index (Phi) is 1.51. The molecule has 0 aliphatic heterocycles. The van der Waals surface area contributed by atoms with Crippen molar-refractivity contribution in [1.82, 2.24) is 0 Å². The Morgan fingerprint density at radius 3 is 2.45 bits per heavy atom. The smallest absolute Gasteiger partial charge is 0.164 e. The zero-order valence-corrected chi connectivity index (χ0v) is 6.23. The van der Waals surface area contributed by atoms with E-state index in [1.54, 1.807) is 0 Å². The van der Waals surface area contributed by atoms with Crippen LogP contribution in [-0.4, -0.2) is 28.2 Å². The van der Waals surface area contributed by atoms with Gasteiger partial charge >= 0.3 is 0 Å². The number of carbonyl (C=O) groups is 1. The molecule has 62 valence electrons. The molecule has 2 bridgehead atoms. The van der Waals surface area contributed by atoms with Crippen LogP contribution in [0.5, 0.6) is 0 Å². The first kappa shape index (κ1) is 7.25. The topological polar surface area (TPSA) is 57.5 Å². The molecular formula is C8H12O3. The molecule has 11 heavy (non-hydrogen) atoms. The van der Waals surface area contributed by atoms with Crippen LogP contribution in [0.4, 0.5) is 0 Å². The normalized spacial score (nSPS) is 49.8. The highest BCUT2D eigenvalue weighted by Crippen LogP contribution is 2.39. The van der Waals surface area contributed by atoms with Crippen molar-refractivity contribution in [2.45, 2.75) is 31.5 Å². The largest absolute Gasteiger partial charge is 0.393 e. The molecular weight excluding hydrogens is 144 g/mol. The molecule has 0 heterocycles. The summed E-state index contributed by atoms with van der Waals surface area (Å²) in [6, 6.07) is 0. The lowest BCUT2D eigenvalue weighted by atomic mass is 9.67. The van der Waals surface area contributed by atoms with E-state index in [1.807, 2.05) is 0 Å². The van der Waals surface area contributed by atoms with Gasteiger partial charge in [-0.1, -0.05) is 0 Å². The Labute approximate surface area is 65.0 Å². The number of aliphatic hydroxyl groups is 2. The average molecular weight is 156 g/mol. The van der Waals surface area contributed by atoms with Crippen LogP contribution < -0.4 is 0 Å². The van der Waals surface area contributed by atoms with Crippen molar-refractivity contribution < 1.29 is 15.0 Å². The van der Waals surface area contributed by atoms with Crippen molar-refractivity contribution in [3.63, 3.8) is 0 Å². The Bertz CT molecular complexity index is 186. The van der Waals surface area contributed by atoms with Crippen molar-refractivity contribution in [3.05, 3.63) is 0 Å². The van der Waals surface area contributed by atoms with Gasteiger partial charge in [0, 0.05) is 11.8 Å². The second kappa shape index (κ2) is 2.29. The van der Waals surface area contributed by atoms with Gasteiger partial charge in [0.2, 0.25) is 0 Å². The number of aliphatic hydroxyl groups excluding tert-OH is 2. The summed E-state index contributed by atoms with van der Waals surface area (Å²) in [7, 11) is 0. The van der Waals surface area contributed by atoms with Gasteiger partial charge in [-0.3, -0.25) is 4.79 Å². The summed E-state index contributed by atoms with van der Waals surface area (Å²) in [4.78, 5) is 11.2. The van der Waals surface area contributed by atoms with Crippen molar-refractivity contribution in [3.8, 4) is 0 Å². The highest BCUT2D eigenvalue weighted by molar-refractivity contribution is 5.87. The fourth-order valence-electron chi connectivity index (χ4n) is 2.25. The standard InChI is InChI=1S/C8H12O3/c9-6-3-4-1-2-5(6)8(11)7(4)10/h4-6,8-9,11H,1-3H2. The second-order valence-corrected chi connectivity index (χ2v) is 3.59. The average Bonchev–Trinajstić information content (AvgIpc) is 1.99. The molecule has 4 unspecified atom stereocenters. The lowest BCUT2D eigenvalue weighted by Crippen LogP contribution is -2.51. The summed E-state index contributed by atoms with van der Waals surface area (Å²) in [5.41, 5.74) is 0. The van der Waals surface area contributed by atoms with Gasteiger partial charge in [0.15, 0.2) is 5.78 Å². The minimum Gasteiger partial charge on any atom is -0.393 e. The van der Waals surface area contributed by atoms with E-state index < -0.39 is 12.2 Å². The quantitative estimate of drug-likeness (QED) is 0.506. The molecule has 0 aromatic carbocycles. The van der Waals surface area contributed by atoms with E-state index in [9.17, 15) is 15.0 Å². The molecule has 0 aromatic rings. The van der Waals surface area contributed by atoms with E-state index in [4.69, 9.17) is 0 Å². The highest BCUT2D eigenvalue weighted by atomic mass is 16.3. The van der Waals surface area contributed by atoms with Gasteiger partial charge in [-0.2, -0.15) is 0 Å². The molecule has 0 saturated heterocycles. The third-order valence-electron chi connectivity index (χ3n) is 2.97. The van der Waals surface area contributed by atoms with Crippen LogP contribution in [0.1, 0.15) is 19.3 Å². The van der Waals surface area contributed by atoms with Crippen molar-refractivity contribution in [2.75, 3.05) is 0 Å². The first-order valence-electron chi connectivity index (χ1n) is 4.10. The molecule has 3 rings (SSSR count). The van der Waals surface area contributed by atoms with Crippen molar-refractivity contribution >= 4 is 5.78 Å². The van der Waals surface area contributed by atoms with E-state index in [0.29, 0.717) is 6.42 Å².